The Labute approximate surface area is 184 Å². The molecule has 1 saturated carbocycles. The molecule has 1 aromatic heterocycles. The highest BCUT2D eigenvalue weighted by atomic mass is 32.1. The number of amides is 1. The molecule has 1 N–H and O–H groups in total. The number of hydrogen-bond acceptors (Lipinski definition) is 5. The van der Waals surface area contributed by atoms with Crippen LogP contribution in [0.25, 0.3) is 0 Å². The number of nitrogens with zero attached hydrogens (tertiary/aromatic N) is 3. The molecule has 2 fully saturated rings. The predicted octanol–water partition coefficient (Wildman–Crippen LogP) is 4.98. The van der Waals surface area contributed by atoms with E-state index in [9.17, 15) is 4.79 Å². The van der Waals surface area contributed by atoms with Crippen LogP contribution in [0, 0.1) is 12.8 Å². The highest BCUT2D eigenvalue weighted by Crippen LogP contribution is 2.29. The number of piperazine rings is 1. The van der Waals surface area contributed by atoms with E-state index in [1.165, 1.54) is 28.8 Å². The summed E-state index contributed by atoms with van der Waals surface area (Å²) < 4.78 is 0. The maximum absolute atomic E-state index is 12.7. The van der Waals surface area contributed by atoms with Gasteiger partial charge in [0.05, 0.1) is 0 Å². The predicted molar refractivity (Wildman–Crippen MR) is 124 cm³/mol. The third kappa shape index (κ3) is 5.03. The molecule has 0 radical (unpaired) electrons. The van der Waals surface area contributed by atoms with E-state index in [-0.39, 0.29) is 0 Å². The molecule has 0 bridgehead atoms. The van der Waals surface area contributed by atoms with Gasteiger partial charge in [0.25, 0.3) is 0 Å². The van der Waals surface area contributed by atoms with Crippen molar-refractivity contribution in [2.75, 3.05) is 31.5 Å². The van der Waals surface area contributed by atoms with E-state index in [2.05, 4.69) is 52.1 Å². The molecule has 6 heteroatoms. The lowest BCUT2D eigenvalue weighted by atomic mass is 10.0. The van der Waals surface area contributed by atoms with Crippen molar-refractivity contribution in [2.24, 2.45) is 5.92 Å². The topological polar surface area (TPSA) is 48.5 Å². The summed E-state index contributed by atoms with van der Waals surface area (Å²) in [4.78, 5) is 23.1. The molecule has 1 aliphatic heterocycles. The zero-order valence-corrected chi connectivity index (χ0v) is 19.1. The zero-order valence-electron chi connectivity index (χ0n) is 18.3. The van der Waals surface area contributed by atoms with Crippen LogP contribution in [0.5, 0.6) is 0 Å². The number of anilines is 2. The van der Waals surface area contributed by atoms with Crippen molar-refractivity contribution in [3.8, 4) is 0 Å². The first-order valence-corrected chi connectivity index (χ1v) is 12.3. The SMILES string of the molecule is CCCc1cnc(Nc2cccc(CN3CCN(C(=O)C4CCCC4)CC3)c2C)s1. The minimum absolute atomic E-state index is 0.297. The highest BCUT2D eigenvalue weighted by Gasteiger charge is 2.29. The normalized spacial score (nSPS) is 18.1. The van der Waals surface area contributed by atoms with Gasteiger partial charge in [-0.3, -0.25) is 9.69 Å². The molecule has 1 aromatic carbocycles. The van der Waals surface area contributed by atoms with Gasteiger partial charge in [0, 0.05) is 55.4 Å². The Morgan fingerprint density at radius 1 is 1.20 bits per heavy atom. The van der Waals surface area contributed by atoms with Crippen molar-refractivity contribution in [3.63, 3.8) is 0 Å². The van der Waals surface area contributed by atoms with Crippen LogP contribution in [-0.4, -0.2) is 46.9 Å². The monoisotopic (exact) mass is 426 g/mol. The van der Waals surface area contributed by atoms with Crippen molar-refractivity contribution in [1.82, 2.24) is 14.8 Å². The van der Waals surface area contributed by atoms with Gasteiger partial charge in [-0.05, 0) is 43.4 Å². The summed E-state index contributed by atoms with van der Waals surface area (Å²) in [6.45, 7) is 8.98. The number of hydrogen-bond donors (Lipinski definition) is 1. The number of aromatic nitrogens is 1. The van der Waals surface area contributed by atoms with E-state index < -0.39 is 0 Å². The first-order valence-electron chi connectivity index (χ1n) is 11.5. The molecule has 162 valence electrons. The molecule has 0 atom stereocenters. The largest absolute Gasteiger partial charge is 0.340 e. The molecule has 1 saturated heterocycles. The Balaban J connectivity index is 1.33. The van der Waals surface area contributed by atoms with Crippen molar-refractivity contribution in [1.29, 1.82) is 0 Å². The second-order valence-corrected chi connectivity index (χ2v) is 9.79. The van der Waals surface area contributed by atoms with E-state index in [4.69, 9.17) is 0 Å². The maximum atomic E-state index is 12.7. The van der Waals surface area contributed by atoms with Crippen LogP contribution >= 0.6 is 11.3 Å². The number of carbonyl (C=O) groups excluding carboxylic acids is 1. The van der Waals surface area contributed by atoms with Gasteiger partial charge in [-0.2, -0.15) is 0 Å². The Hall–Kier alpha value is -1.92. The summed E-state index contributed by atoms with van der Waals surface area (Å²) >= 11 is 1.75. The van der Waals surface area contributed by atoms with E-state index >= 15 is 0 Å². The fourth-order valence-corrected chi connectivity index (χ4v) is 5.56. The molecule has 4 rings (SSSR count). The summed E-state index contributed by atoms with van der Waals surface area (Å²) in [5.41, 5.74) is 3.77. The minimum atomic E-state index is 0.297. The Morgan fingerprint density at radius 3 is 2.70 bits per heavy atom. The fraction of sp³-hybridized carbons (Fsp3) is 0.583. The molecule has 0 spiro atoms. The van der Waals surface area contributed by atoms with Crippen LogP contribution in [0.2, 0.25) is 0 Å². The van der Waals surface area contributed by atoms with Gasteiger partial charge in [0.2, 0.25) is 5.91 Å². The molecule has 2 aromatic rings. The van der Waals surface area contributed by atoms with Crippen LogP contribution in [0.15, 0.2) is 24.4 Å². The smallest absolute Gasteiger partial charge is 0.225 e. The van der Waals surface area contributed by atoms with Gasteiger partial charge in [0.15, 0.2) is 5.13 Å². The van der Waals surface area contributed by atoms with E-state index in [1.54, 1.807) is 11.3 Å². The first kappa shape index (κ1) is 21.3. The minimum Gasteiger partial charge on any atom is -0.340 e. The zero-order chi connectivity index (χ0) is 20.9. The lowest BCUT2D eigenvalue weighted by molar-refractivity contribution is -0.137. The standard InChI is InChI=1S/C24H34N4OS/c1-3-7-21-16-25-24(30-21)26-22-11-6-10-20(18(22)2)17-27-12-14-28(15-13-27)23(29)19-8-4-5-9-19/h6,10-11,16,19H,3-5,7-9,12-15,17H2,1-2H3,(H,25,26). The third-order valence-corrected chi connectivity index (χ3v) is 7.49. The summed E-state index contributed by atoms with van der Waals surface area (Å²) in [6, 6.07) is 6.49. The van der Waals surface area contributed by atoms with E-state index in [1.807, 2.05) is 6.20 Å². The van der Waals surface area contributed by atoms with Gasteiger partial charge in [-0.1, -0.05) is 38.3 Å². The quantitative estimate of drug-likeness (QED) is 0.678. The second kappa shape index (κ2) is 9.92. The van der Waals surface area contributed by atoms with Gasteiger partial charge < -0.3 is 10.2 Å². The van der Waals surface area contributed by atoms with Gasteiger partial charge in [-0.25, -0.2) is 4.98 Å². The van der Waals surface area contributed by atoms with Crippen LogP contribution in [-0.2, 0) is 17.8 Å². The van der Waals surface area contributed by atoms with E-state index in [0.717, 1.165) is 69.2 Å². The summed E-state index contributed by atoms with van der Waals surface area (Å²) in [6.07, 6.45) is 8.86. The van der Waals surface area contributed by atoms with Crippen molar-refractivity contribution in [2.45, 2.75) is 58.9 Å². The average Bonchev–Trinajstić information content (AvgIpc) is 3.44. The fourth-order valence-electron chi connectivity index (χ4n) is 4.63. The van der Waals surface area contributed by atoms with Crippen LogP contribution < -0.4 is 5.32 Å². The summed E-state index contributed by atoms with van der Waals surface area (Å²) in [5.74, 6) is 0.700. The first-order chi connectivity index (χ1) is 14.6. The Bertz CT molecular complexity index is 851. The maximum Gasteiger partial charge on any atom is 0.225 e. The molecule has 1 aliphatic carbocycles. The molecular weight excluding hydrogens is 392 g/mol. The molecular formula is C24H34N4OS. The lowest BCUT2D eigenvalue weighted by Crippen LogP contribution is -2.49. The lowest BCUT2D eigenvalue weighted by Gasteiger charge is -2.36. The highest BCUT2D eigenvalue weighted by molar-refractivity contribution is 7.15. The van der Waals surface area contributed by atoms with Crippen molar-refractivity contribution in [3.05, 3.63) is 40.4 Å². The summed E-state index contributed by atoms with van der Waals surface area (Å²) in [7, 11) is 0. The van der Waals surface area contributed by atoms with Gasteiger partial charge >= 0.3 is 0 Å². The van der Waals surface area contributed by atoms with Crippen molar-refractivity contribution >= 4 is 28.1 Å². The Morgan fingerprint density at radius 2 is 1.97 bits per heavy atom. The molecule has 0 unspecified atom stereocenters. The molecule has 1 amide bonds. The van der Waals surface area contributed by atoms with Crippen molar-refractivity contribution < 1.29 is 4.79 Å². The number of carbonyl (C=O) groups is 1. The molecule has 30 heavy (non-hydrogen) atoms. The molecule has 2 aliphatic rings. The van der Waals surface area contributed by atoms with Gasteiger partial charge in [-0.15, -0.1) is 11.3 Å². The average molecular weight is 427 g/mol. The van der Waals surface area contributed by atoms with E-state index in [0.29, 0.717) is 11.8 Å². The number of rotatable bonds is 7. The number of nitrogens with one attached hydrogen (secondary N) is 1. The third-order valence-electron chi connectivity index (χ3n) is 6.52. The van der Waals surface area contributed by atoms with Crippen LogP contribution in [0.3, 0.4) is 0 Å². The number of thiazole rings is 1. The van der Waals surface area contributed by atoms with Gasteiger partial charge in [0.1, 0.15) is 0 Å². The second-order valence-electron chi connectivity index (χ2n) is 8.68. The summed E-state index contributed by atoms with van der Waals surface area (Å²) in [5, 5.41) is 4.49. The van der Waals surface area contributed by atoms with Crippen LogP contribution in [0.4, 0.5) is 10.8 Å². The molecule has 2 heterocycles. The van der Waals surface area contributed by atoms with Crippen LogP contribution in [0.1, 0.15) is 55.0 Å². The number of aryl methyl sites for hydroxylation is 1. The Kier molecular flexibility index (Phi) is 7.05. The molecule has 5 nitrogen and oxygen atoms in total. The number of benzene rings is 1.